The molecule has 3 aromatic rings. The van der Waals surface area contributed by atoms with Gasteiger partial charge in [-0.05, 0) is 43.2 Å². The van der Waals surface area contributed by atoms with Crippen molar-refractivity contribution in [1.82, 2.24) is 4.98 Å². The number of aryl methyl sites for hydroxylation is 2. The summed E-state index contributed by atoms with van der Waals surface area (Å²) in [6.45, 7) is 3.84. The van der Waals surface area contributed by atoms with Gasteiger partial charge < -0.3 is 15.7 Å². The van der Waals surface area contributed by atoms with Crippen LogP contribution in [-0.4, -0.2) is 28.9 Å². The number of nitrogens with zero attached hydrogens (tertiary/aromatic N) is 3. The number of carbonyl (C=O) groups is 1. The first-order chi connectivity index (χ1) is 14.4. The molecule has 2 aromatic carbocycles. The molecular formula is C24H24N4O2. The van der Waals surface area contributed by atoms with Gasteiger partial charge >= 0.3 is 5.97 Å². The van der Waals surface area contributed by atoms with Crippen molar-refractivity contribution in [3.63, 3.8) is 0 Å². The van der Waals surface area contributed by atoms with E-state index in [1.54, 1.807) is 29.3 Å². The van der Waals surface area contributed by atoms with Crippen molar-refractivity contribution in [3.8, 4) is 0 Å². The van der Waals surface area contributed by atoms with Crippen LogP contribution in [0.3, 0.4) is 0 Å². The highest BCUT2D eigenvalue weighted by molar-refractivity contribution is 6.10. The third-order valence-corrected chi connectivity index (χ3v) is 4.70. The van der Waals surface area contributed by atoms with Crippen LogP contribution in [0.2, 0.25) is 0 Å². The molecular weight excluding hydrogens is 376 g/mol. The number of hydrogen-bond acceptors (Lipinski definition) is 4. The molecule has 0 aliphatic heterocycles. The lowest BCUT2D eigenvalue weighted by Crippen LogP contribution is -2.26. The number of pyridine rings is 1. The summed E-state index contributed by atoms with van der Waals surface area (Å²) in [5.74, 6) is 0.103. The highest BCUT2D eigenvalue weighted by atomic mass is 16.4. The van der Waals surface area contributed by atoms with Crippen LogP contribution in [-0.2, 0) is 0 Å². The molecule has 0 bridgehead atoms. The number of aliphatic imine (C=N–C) groups is 1. The van der Waals surface area contributed by atoms with Crippen LogP contribution in [0, 0.1) is 13.8 Å². The Morgan fingerprint density at radius 1 is 1.07 bits per heavy atom. The lowest BCUT2D eigenvalue weighted by molar-refractivity contribution is 0.0697. The fourth-order valence-electron chi connectivity index (χ4n) is 2.94. The summed E-state index contributed by atoms with van der Waals surface area (Å²) >= 11 is 0. The molecule has 3 rings (SSSR count). The molecule has 30 heavy (non-hydrogen) atoms. The van der Waals surface area contributed by atoms with Crippen LogP contribution in [0.4, 0.5) is 11.5 Å². The van der Waals surface area contributed by atoms with Crippen molar-refractivity contribution in [2.45, 2.75) is 13.8 Å². The van der Waals surface area contributed by atoms with E-state index in [4.69, 9.17) is 10.7 Å². The van der Waals surface area contributed by atoms with Gasteiger partial charge in [0.2, 0.25) is 0 Å². The Morgan fingerprint density at radius 3 is 2.43 bits per heavy atom. The van der Waals surface area contributed by atoms with E-state index in [0.29, 0.717) is 23.0 Å². The Balaban J connectivity index is 2.16. The molecule has 0 fully saturated rings. The second kappa shape index (κ2) is 9.05. The molecule has 0 aliphatic rings. The van der Waals surface area contributed by atoms with Crippen LogP contribution < -0.4 is 10.6 Å². The quantitative estimate of drug-likeness (QED) is 0.484. The molecule has 6 nitrogen and oxygen atoms in total. The summed E-state index contributed by atoms with van der Waals surface area (Å²) < 4.78 is 0. The number of aromatic carboxylic acids is 1. The molecule has 0 spiro atoms. The van der Waals surface area contributed by atoms with Gasteiger partial charge in [-0.3, -0.25) is 0 Å². The average molecular weight is 400 g/mol. The number of nitrogens with two attached hydrogens (primary N) is 1. The zero-order chi connectivity index (χ0) is 21.7. The van der Waals surface area contributed by atoms with Crippen LogP contribution in [0.25, 0.3) is 5.70 Å². The molecule has 0 atom stereocenters. The fourth-order valence-corrected chi connectivity index (χ4v) is 2.94. The first-order valence-electron chi connectivity index (χ1n) is 9.47. The van der Waals surface area contributed by atoms with Crippen molar-refractivity contribution in [2.75, 3.05) is 11.9 Å². The number of aromatic nitrogens is 1. The highest BCUT2D eigenvalue weighted by Gasteiger charge is 2.15. The second-order valence-corrected chi connectivity index (χ2v) is 6.96. The van der Waals surface area contributed by atoms with Gasteiger partial charge in [0.1, 0.15) is 11.7 Å². The van der Waals surface area contributed by atoms with E-state index in [1.165, 1.54) is 0 Å². The molecule has 0 amide bonds. The van der Waals surface area contributed by atoms with Crippen molar-refractivity contribution < 1.29 is 9.90 Å². The zero-order valence-corrected chi connectivity index (χ0v) is 17.2. The van der Waals surface area contributed by atoms with Gasteiger partial charge in [-0.2, -0.15) is 0 Å². The van der Waals surface area contributed by atoms with Crippen molar-refractivity contribution in [1.29, 1.82) is 0 Å². The number of benzene rings is 2. The Morgan fingerprint density at radius 2 is 1.80 bits per heavy atom. The summed E-state index contributed by atoms with van der Waals surface area (Å²) in [6.07, 6.45) is 3.42. The number of carboxylic acids is 1. The number of carboxylic acid groups (broad SMARTS) is 1. The fraction of sp³-hybridized carbons (Fsp3) is 0.125. The van der Waals surface area contributed by atoms with Crippen molar-refractivity contribution in [3.05, 3.63) is 95.2 Å². The Bertz CT molecular complexity index is 1100. The summed E-state index contributed by atoms with van der Waals surface area (Å²) in [5.41, 5.74) is 10.1. The van der Waals surface area contributed by atoms with Gasteiger partial charge in [0, 0.05) is 25.0 Å². The lowest BCUT2D eigenvalue weighted by Gasteiger charge is -2.19. The number of para-hydroxylation sites is 1. The standard InChI is InChI=1S/C24H24N4O2/c1-16-10-12-18(13-11-16)20(25)15-22(28(3)21-9-4-5-14-26-21)27-23-17(2)7-6-8-19(23)24(29)30/h4-15H,25H2,1-3H3,(H,29,30). The van der Waals surface area contributed by atoms with E-state index in [1.807, 2.05) is 69.4 Å². The summed E-state index contributed by atoms with van der Waals surface area (Å²) in [4.78, 5) is 22.6. The van der Waals surface area contributed by atoms with E-state index >= 15 is 0 Å². The second-order valence-electron chi connectivity index (χ2n) is 6.96. The van der Waals surface area contributed by atoms with Crippen LogP contribution in [0.15, 0.2) is 77.9 Å². The number of likely N-dealkylation sites (N-methyl/N-ethyl adjacent to an activating group) is 1. The maximum atomic E-state index is 11.7. The molecule has 152 valence electrons. The van der Waals surface area contributed by atoms with Crippen molar-refractivity contribution >= 4 is 29.0 Å². The normalized spacial score (nSPS) is 12.0. The van der Waals surface area contributed by atoms with Gasteiger partial charge in [0.15, 0.2) is 0 Å². The van der Waals surface area contributed by atoms with Gasteiger partial charge in [-0.25, -0.2) is 14.8 Å². The highest BCUT2D eigenvalue weighted by Crippen LogP contribution is 2.26. The molecule has 0 saturated carbocycles. The van der Waals surface area contributed by atoms with Gasteiger partial charge in [-0.1, -0.05) is 48.0 Å². The van der Waals surface area contributed by atoms with Crippen LogP contribution >= 0.6 is 0 Å². The molecule has 0 radical (unpaired) electrons. The number of anilines is 1. The minimum absolute atomic E-state index is 0.129. The largest absolute Gasteiger partial charge is 0.478 e. The summed E-state index contributed by atoms with van der Waals surface area (Å²) in [7, 11) is 1.82. The minimum atomic E-state index is -1.03. The molecule has 0 unspecified atom stereocenters. The van der Waals surface area contributed by atoms with Crippen LogP contribution in [0.5, 0.6) is 0 Å². The smallest absolute Gasteiger partial charge is 0.337 e. The molecule has 6 heteroatoms. The minimum Gasteiger partial charge on any atom is -0.478 e. The third kappa shape index (κ3) is 4.72. The molecule has 3 N–H and O–H groups in total. The van der Waals surface area contributed by atoms with Gasteiger partial charge in [-0.15, -0.1) is 0 Å². The van der Waals surface area contributed by atoms with Gasteiger partial charge in [0.25, 0.3) is 0 Å². The first kappa shape index (κ1) is 20.8. The molecule has 0 saturated heterocycles. The van der Waals surface area contributed by atoms with E-state index in [-0.39, 0.29) is 5.56 Å². The third-order valence-electron chi connectivity index (χ3n) is 4.70. The summed E-state index contributed by atoms with van der Waals surface area (Å²) in [6, 6.07) is 18.5. The molecule has 1 heterocycles. The first-order valence-corrected chi connectivity index (χ1v) is 9.47. The number of hydrogen-bond donors (Lipinski definition) is 2. The Kier molecular flexibility index (Phi) is 6.27. The SMILES string of the molecule is Cc1ccc(C(N)=CC(=Nc2c(C)cccc2C(=O)O)N(C)c2ccccn2)cc1. The topological polar surface area (TPSA) is 91.8 Å². The number of rotatable bonds is 5. The van der Waals surface area contributed by atoms with E-state index in [0.717, 1.165) is 16.7 Å². The monoisotopic (exact) mass is 400 g/mol. The van der Waals surface area contributed by atoms with Crippen molar-refractivity contribution in [2.24, 2.45) is 10.7 Å². The van der Waals surface area contributed by atoms with Crippen LogP contribution in [0.1, 0.15) is 27.0 Å². The predicted molar refractivity (Wildman–Crippen MR) is 121 cm³/mol. The number of amidine groups is 1. The predicted octanol–water partition coefficient (Wildman–Crippen LogP) is 4.56. The summed E-state index contributed by atoms with van der Waals surface area (Å²) in [5, 5.41) is 9.61. The van der Waals surface area contributed by atoms with E-state index in [9.17, 15) is 9.90 Å². The maximum absolute atomic E-state index is 11.7. The van der Waals surface area contributed by atoms with Gasteiger partial charge in [0.05, 0.1) is 11.3 Å². The van der Waals surface area contributed by atoms with E-state index < -0.39 is 5.97 Å². The molecule has 1 aromatic heterocycles. The molecule has 0 aliphatic carbocycles. The average Bonchev–Trinajstić information content (AvgIpc) is 2.74. The lowest BCUT2D eigenvalue weighted by atomic mass is 10.1. The maximum Gasteiger partial charge on any atom is 0.337 e. The Hall–Kier alpha value is -3.93. The van der Waals surface area contributed by atoms with E-state index in [2.05, 4.69) is 4.98 Å². The Labute approximate surface area is 176 Å². The zero-order valence-electron chi connectivity index (χ0n) is 17.2.